The van der Waals surface area contributed by atoms with E-state index in [1.807, 2.05) is 0 Å². The molecule has 1 heterocycles. The zero-order chi connectivity index (χ0) is 12.7. The second-order valence-electron chi connectivity index (χ2n) is 4.08. The first-order chi connectivity index (χ1) is 7.78. The molecule has 1 aliphatic rings. The summed E-state index contributed by atoms with van der Waals surface area (Å²) in [6.45, 7) is -0.442. The van der Waals surface area contributed by atoms with E-state index < -0.39 is 24.2 Å². The van der Waals surface area contributed by atoms with E-state index in [9.17, 15) is 22.0 Å². The van der Waals surface area contributed by atoms with Gasteiger partial charge >= 0.3 is 6.18 Å². The van der Waals surface area contributed by atoms with Crippen molar-refractivity contribution in [2.24, 2.45) is 0 Å². The van der Waals surface area contributed by atoms with Crippen molar-refractivity contribution in [2.75, 3.05) is 18.0 Å². The maximum Gasteiger partial charge on any atom is 0.416 e. The van der Waals surface area contributed by atoms with Crippen LogP contribution in [0.4, 0.5) is 27.6 Å². The average Bonchev–Trinajstić information content (AvgIpc) is 2.58. The Kier molecular flexibility index (Phi) is 2.75. The molecule has 0 aliphatic carbocycles. The molecule has 2 rings (SSSR count). The van der Waals surface area contributed by atoms with Crippen LogP contribution in [0.1, 0.15) is 12.0 Å². The number of benzene rings is 1. The highest BCUT2D eigenvalue weighted by Gasteiger charge is 2.39. The van der Waals surface area contributed by atoms with Gasteiger partial charge in [0.1, 0.15) is 0 Å². The van der Waals surface area contributed by atoms with E-state index in [2.05, 4.69) is 0 Å². The predicted molar refractivity (Wildman–Crippen MR) is 53.2 cm³/mol. The number of rotatable bonds is 1. The first-order valence-electron chi connectivity index (χ1n) is 5.08. The first-order valence-corrected chi connectivity index (χ1v) is 5.08. The van der Waals surface area contributed by atoms with Crippen molar-refractivity contribution in [2.45, 2.75) is 18.5 Å². The zero-order valence-electron chi connectivity index (χ0n) is 8.77. The molecule has 1 nitrogen and oxygen atoms in total. The molecule has 0 atom stereocenters. The average molecular weight is 251 g/mol. The van der Waals surface area contributed by atoms with Gasteiger partial charge in [0, 0.05) is 18.7 Å². The predicted octanol–water partition coefficient (Wildman–Crippen LogP) is 3.55. The van der Waals surface area contributed by atoms with Crippen LogP contribution >= 0.6 is 0 Å². The number of halogens is 5. The zero-order valence-corrected chi connectivity index (χ0v) is 8.77. The molecule has 1 fully saturated rings. The molecule has 6 heteroatoms. The fraction of sp³-hybridized carbons (Fsp3) is 0.455. The van der Waals surface area contributed by atoms with Crippen LogP contribution in [-0.4, -0.2) is 19.0 Å². The monoisotopic (exact) mass is 251 g/mol. The summed E-state index contributed by atoms with van der Waals surface area (Å²) in [6.07, 6.45) is -4.76. The fourth-order valence-corrected chi connectivity index (χ4v) is 1.84. The fourth-order valence-electron chi connectivity index (χ4n) is 1.84. The summed E-state index contributed by atoms with van der Waals surface area (Å²) in [6, 6.07) is 4.48. The second-order valence-corrected chi connectivity index (χ2v) is 4.08. The molecule has 0 N–H and O–H groups in total. The largest absolute Gasteiger partial charge is 0.416 e. The van der Waals surface area contributed by atoms with Gasteiger partial charge in [-0.05, 0) is 18.2 Å². The maximum absolute atomic E-state index is 13.0. The molecule has 1 aromatic rings. The van der Waals surface area contributed by atoms with Gasteiger partial charge < -0.3 is 4.90 Å². The topological polar surface area (TPSA) is 3.24 Å². The van der Waals surface area contributed by atoms with Gasteiger partial charge in [-0.15, -0.1) is 0 Å². The molecular formula is C11H10F5N. The van der Waals surface area contributed by atoms with Crippen LogP contribution in [0.25, 0.3) is 0 Å². The number of hydrogen-bond donors (Lipinski definition) is 0. The Hall–Kier alpha value is -1.33. The SMILES string of the molecule is FC1(F)CCN(c2cccc(C(F)(F)F)c2)C1. The molecule has 1 aromatic carbocycles. The molecule has 0 spiro atoms. The van der Waals surface area contributed by atoms with E-state index in [4.69, 9.17) is 0 Å². The van der Waals surface area contributed by atoms with Gasteiger partial charge in [0.2, 0.25) is 0 Å². The molecular weight excluding hydrogens is 241 g/mol. The van der Waals surface area contributed by atoms with Crippen molar-refractivity contribution in [3.05, 3.63) is 29.8 Å². The third-order valence-electron chi connectivity index (χ3n) is 2.71. The Bertz CT molecular complexity index is 413. The van der Waals surface area contributed by atoms with Crippen LogP contribution in [0.3, 0.4) is 0 Å². The Labute approximate surface area is 94.8 Å². The lowest BCUT2D eigenvalue weighted by Gasteiger charge is -2.19. The van der Waals surface area contributed by atoms with Crippen molar-refractivity contribution in [1.29, 1.82) is 0 Å². The number of alkyl halides is 5. The van der Waals surface area contributed by atoms with E-state index in [-0.39, 0.29) is 18.7 Å². The summed E-state index contributed by atoms with van der Waals surface area (Å²) >= 11 is 0. The minimum atomic E-state index is -4.45. The molecule has 1 saturated heterocycles. The molecule has 17 heavy (non-hydrogen) atoms. The van der Waals surface area contributed by atoms with Gasteiger partial charge in [-0.1, -0.05) is 6.07 Å². The maximum atomic E-state index is 13.0. The van der Waals surface area contributed by atoms with Gasteiger partial charge in [-0.3, -0.25) is 0 Å². The number of anilines is 1. The first kappa shape index (κ1) is 12.1. The summed E-state index contributed by atoms with van der Waals surface area (Å²) in [4.78, 5) is 1.27. The van der Waals surface area contributed by atoms with Crippen molar-refractivity contribution in [1.82, 2.24) is 0 Å². The molecule has 0 aromatic heterocycles. The van der Waals surface area contributed by atoms with Crippen LogP contribution < -0.4 is 4.90 Å². The van der Waals surface area contributed by atoms with Gasteiger partial charge in [0.05, 0.1) is 12.1 Å². The number of hydrogen-bond acceptors (Lipinski definition) is 1. The highest BCUT2D eigenvalue weighted by molar-refractivity contribution is 5.50. The lowest BCUT2D eigenvalue weighted by atomic mass is 10.2. The second kappa shape index (κ2) is 3.85. The minimum Gasteiger partial charge on any atom is -0.365 e. The summed E-state index contributed by atoms with van der Waals surface area (Å²) in [5, 5.41) is 0. The van der Waals surface area contributed by atoms with Crippen LogP contribution in [0, 0.1) is 0 Å². The Balaban J connectivity index is 2.23. The molecule has 94 valence electrons. The quantitative estimate of drug-likeness (QED) is 0.690. The number of nitrogens with zero attached hydrogens (tertiary/aromatic N) is 1. The Morgan fingerprint density at radius 1 is 1.18 bits per heavy atom. The van der Waals surface area contributed by atoms with E-state index in [1.54, 1.807) is 0 Å². The summed E-state index contributed by atoms with van der Waals surface area (Å²) < 4.78 is 63.2. The van der Waals surface area contributed by atoms with Gasteiger partial charge in [-0.2, -0.15) is 13.2 Å². The van der Waals surface area contributed by atoms with Gasteiger partial charge in [0.25, 0.3) is 5.92 Å². The standard InChI is InChI=1S/C11H10F5N/c12-10(13)4-5-17(7-10)9-3-1-2-8(6-9)11(14,15)16/h1-3,6H,4-5,7H2. The van der Waals surface area contributed by atoms with Crippen LogP contribution in [-0.2, 0) is 6.18 Å². The van der Waals surface area contributed by atoms with Crippen molar-refractivity contribution in [3.63, 3.8) is 0 Å². The molecule has 0 unspecified atom stereocenters. The molecule has 0 bridgehead atoms. The van der Waals surface area contributed by atoms with Crippen LogP contribution in [0.15, 0.2) is 24.3 Å². The Morgan fingerprint density at radius 3 is 2.41 bits per heavy atom. The summed E-state index contributed by atoms with van der Waals surface area (Å²) in [5.74, 6) is -2.81. The van der Waals surface area contributed by atoms with E-state index in [0.29, 0.717) is 0 Å². The summed E-state index contributed by atoms with van der Waals surface area (Å²) in [7, 11) is 0. The molecule has 0 amide bonds. The van der Waals surface area contributed by atoms with Crippen molar-refractivity contribution < 1.29 is 22.0 Å². The lowest BCUT2D eigenvalue weighted by Crippen LogP contribution is -2.25. The lowest BCUT2D eigenvalue weighted by molar-refractivity contribution is -0.137. The smallest absolute Gasteiger partial charge is 0.365 e. The summed E-state index contributed by atoms with van der Waals surface area (Å²) in [5.41, 5.74) is -0.623. The van der Waals surface area contributed by atoms with Crippen LogP contribution in [0.2, 0.25) is 0 Å². The van der Waals surface area contributed by atoms with Crippen LogP contribution in [0.5, 0.6) is 0 Å². The van der Waals surface area contributed by atoms with E-state index in [0.717, 1.165) is 12.1 Å². The highest BCUT2D eigenvalue weighted by atomic mass is 19.4. The Morgan fingerprint density at radius 2 is 1.88 bits per heavy atom. The third-order valence-corrected chi connectivity index (χ3v) is 2.71. The highest BCUT2D eigenvalue weighted by Crippen LogP contribution is 2.35. The minimum absolute atomic E-state index is 0.0777. The van der Waals surface area contributed by atoms with Crippen molar-refractivity contribution >= 4 is 5.69 Å². The van der Waals surface area contributed by atoms with E-state index >= 15 is 0 Å². The molecule has 0 radical (unpaired) electrons. The third kappa shape index (κ3) is 2.68. The van der Waals surface area contributed by atoms with Crippen molar-refractivity contribution in [3.8, 4) is 0 Å². The molecule has 0 saturated carbocycles. The normalized spacial score (nSPS) is 19.7. The van der Waals surface area contributed by atoms with E-state index in [1.165, 1.54) is 17.0 Å². The van der Waals surface area contributed by atoms with Gasteiger partial charge in [0.15, 0.2) is 0 Å². The molecule has 1 aliphatic heterocycles. The van der Waals surface area contributed by atoms with Gasteiger partial charge in [-0.25, -0.2) is 8.78 Å².